The van der Waals surface area contributed by atoms with Crippen LogP contribution in [0.2, 0.25) is 0 Å². The molecule has 1 aliphatic rings. The predicted octanol–water partition coefficient (Wildman–Crippen LogP) is 2.71. The van der Waals surface area contributed by atoms with Crippen LogP contribution in [0.4, 0.5) is 5.13 Å². The molecule has 1 saturated heterocycles. The van der Waals surface area contributed by atoms with E-state index in [9.17, 15) is 4.79 Å². The Kier molecular flexibility index (Phi) is 4.39. The molecule has 3 aromatic rings. The van der Waals surface area contributed by atoms with E-state index in [4.69, 9.17) is 4.98 Å². The maximum Gasteiger partial charge on any atom is 0.257 e. The average molecular weight is 374 g/mol. The second-order valence-corrected chi connectivity index (χ2v) is 7.84. The van der Waals surface area contributed by atoms with Gasteiger partial charge >= 0.3 is 0 Å². The maximum atomic E-state index is 12.5. The highest BCUT2D eigenvalue weighted by Gasteiger charge is 2.24. The van der Waals surface area contributed by atoms with Crippen LogP contribution in [0, 0.1) is 0 Å². The van der Waals surface area contributed by atoms with Gasteiger partial charge in [0.1, 0.15) is 0 Å². The quantitative estimate of drug-likeness (QED) is 0.661. The van der Waals surface area contributed by atoms with Gasteiger partial charge in [0.2, 0.25) is 0 Å². The predicted molar refractivity (Wildman–Crippen MR) is 103 cm³/mol. The normalized spacial score (nSPS) is 15.1. The molecule has 0 radical (unpaired) electrons. The zero-order valence-electron chi connectivity index (χ0n) is 14.2. The van der Waals surface area contributed by atoms with Gasteiger partial charge in [0.05, 0.1) is 22.0 Å². The molecular weight excluding hydrogens is 354 g/mol. The fourth-order valence-electron chi connectivity index (χ4n) is 3.03. The molecule has 0 atom stereocenters. The number of amides is 1. The van der Waals surface area contributed by atoms with Crippen LogP contribution in [0.1, 0.15) is 10.4 Å². The van der Waals surface area contributed by atoms with Crippen molar-refractivity contribution >= 4 is 44.4 Å². The van der Waals surface area contributed by atoms with Gasteiger partial charge in [-0.3, -0.25) is 9.48 Å². The number of rotatable bonds is 3. The van der Waals surface area contributed by atoms with E-state index in [1.807, 2.05) is 11.9 Å². The number of aryl methyl sites for hydroxylation is 1. The number of piperazine rings is 1. The summed E-state index contributed by atoms with van der Waals surface area (Å²) in [6, 6.07) is 6.32. The fourth-order valence-corrected chi connectivity index (χ4v) is 4.70. The van der Waals surface area contributed by atoms with Gasteiger partial charge in [0, 0.05) is 44.3 Å². The Hall–Kier alpha value is -2.06. The molecule has 1 amide bonds. The number of fused-ring (bicyclic) bond motifs is 1. The first-order valence-electron chi connectivity index (χ1n) is 8.12. The zero-order chi connectivity index (χ0) is 17.4. The second-order valence-electron chi connectivity index (χ2n) is 5.99. The Morgan fingerprint density at radius 3 is 2.72 bits per heavy atom. The lowest BCUT2D eigenvalue weighted by Gasteiger charge is -2.34. The summed E-state index contributed by atoms with van der Waals surface area (Å²) in [4.78, 5) is 22.8. The number of para-hydroxylation sites is 1. The summed E-state index contributed by atoms with van der Waals surface area (Å²) in [5.41, 5.74) is 1.74. The van der Waals surface area contributed by atoms with Crippen LogP contribution in [0.3, 0.4) is 0 Å². The number of anilines is 1. The van der Waals surface area contributed by atoms with E-state index in [0.717, 1.165) is 23.7 Å². The van der Waals surface area contributed by atoms with Gasteiger partial charge in [-0.05, 0) is 18.4 Å². The van der Waals surface area contributed by atoms with Crippen molar-refractivity contribution in [1.29, 1.82) is 0 Å². The molecule has 6 nitrogen and oxygen atoms in total. The molecule has 3 heterocycles. The van der Waals surface area contributed by atoms with Crippen molar-refractivity contribution in [3.63, 3.8) is 0 Å². The van der Waals surface area contributed by atoms with E-state index in [1.165, 1.54) is 9.60 Å². The van der Waals surface area contributed by atoms with Crippen LogP contribution in [-0.4, -0.2) is 58.0 Å². The molecule has 0 aliphatic carbocycles. The van der Waals surface area contributed by atoms with E-state index in [-0.39, 0.29) is 5.91 Å². The maximum absolute atomic E-state index is 12.5. The molecule has 25 heavy (non-hydrogen) atoms. The molecule has 2 aromatic heterocycles. The molecule has 0 saturated carbocycles. The Balaban J connectivity index is 1.47. The molecule has 0 N–H and O–H groups in total. The van der Waals surface area contributed by atoms with Gasteiger partial charge in [-0.1, -0.05) is 17.4 Å². The van der Waals surface area contributed by atoms with Crippen molar-refractivity contribution in [2.24, 2.45) is 7.05 Å². The minimum absolute atomic E-state index is 0.0571. The number of aromatic nitrogens is 3. The number of nitrogens with zero attached hydrogens (tertiary/aromatic N) is 5. The first-order chi connectivity index (χ1) is 12.2. The largest absolute Gasteiger partial charge is 0.345 e. The topological polar surface area (TPSA) is 54.3 Å². The van der Waals surface area contributed by atoms with Crippen molar-refractivity contribution in [3.05, 3.63) is 36.2 Å². The minimum atomic E-state index is 0.0571. The van der Waals surface area contributed by atoms with Crippen molar-refractivity contribution < 1.29 is 4.79 Å². The molecule has 1 aliphatic heterocycles. The van der Waals surface area contributed by atoms with Crippen LogP contribution in [-0.2, 0) is 7.05 Å². The van der Waals surface area contributed by atoms with Gasteiger partial charge in [0.15, 0.2) is 5.13 Å². The van der Waals surface area contributed by atoms with Crippen LogP contribution in [0.15, 0.2) is 35.5 Å². The molecule has 4 rings (SSSR count). The first-order valence-corrected chi connectivity index (χ1v) is 10.2. The number of thiazole rings is 1. The molecule has 1 aromatic carbocycles. The number of benzene rings is 1. The van der Waals surface area contributed by atoms with E-state index >= 15 is 0 Å². The third-order valence-electron chi connectivity index (χ3n) is 4.38. The summed E-state index contributed by atoms with van der Waals surface area (Å²) in [5, 5.41) is 5.13. The summed E-state index contributed by atoms with van der Waals surface area (Å²) >= 11 is 3.45. The van der Waals surface area contributed by atoms with E-state index < -0.39 is 0 Å². The van der Waals surface area contributed by atoms with E-state index in [1.54, 1.807) is 40.2 Å². The standard InChI is InChI=1S/C17H19N5OS2/c1-20-11-12(10-18-20)16(23)21-6-8-22(9-7-21)17-19-15-13(24-2)4-3-5-14(15)25-17/h3-5,10-11H,6-9H2,1-2H3. The van der Waals surface area contributed by atoms with Crippen LogP contribution >= 0.6 is 23.1 Å². The lowest BCUT2D eigenvalue weighted by atomic mass is 10.2. The van der Waals surface area contributed by atoms with Crippen LogP contribution < -0.4 is 4.90 Å². The Bertz CT molecular complexity index is 911. The summed E-state index contributed by atoms with van der Waals surface area (Å²) in [6.45, 7) is 3.03. The van der Waals surface area contributed by atoms with Crippen molar-refractivity contribution in [2.45, 2.75) is 4.90 Å². The smallest absolute Gasteiger partial charge is 0.257 e. The third kappa shape index (κ3) is 3.11. The lowest BCUT2D eigenvalue weighted by Crippen LogP contribution is -2.48. The third-order valence-corrected chi connectivity index (χ3v) is 6.23. The molecule has 130 valence electrons. The van der Waals surface area contributed by atoms with Gasteiger partial charge < -0.3 is 9.80 Å². The van der Waals surface area contributed by atoms with Crippen molar-refractivity contribution in [2.75, 3.05) is 37.3 Å². The highest BCUT2D eigenvalue weighted by atomic mass is 32.2. The Morgan fingerprint density at radius 1 is 1.24 bits per heavy atom. The number of thioether (sulfide) groups is 1. The van der Waals surface area contributed by atoms with Gasteiger partial charge in [-0.25, -0.2) is 4.98 Å². The summed E-state index contributed by atoms with van der Waals surface area (Å²) in [7, 11) is 1.82. The highest BCUT2D eigenvalue weighted by Crippen LogP contribution is 2.34. The van der Waals surface area contributed by atoms with Crippen LogP contribution in [0.25, 0.3) is 10.2 Å². The molecule has 1 fully saturated rings. The average Bonchev–Trinajstić information content (AvgIpc) is 3.27. The molecule has 0 spiro atoms. The van der Waals surface area contributed by atoms with Gasteiger partial charge in [-0.15, -0.1) is 11.8 Å². The first kappa shape index (κ1) is 16.4. The van der Waals surface area contributed by atoms with Crippen LogP contribution in [0.5, 0.6) is 0 Å². The summed E-state index contributed by atoms with van der Waals surface area (Å²) < 4.78 is 2.88. The number of carbonyl (C=O) groups excluding carboxylic acids is 1. The van der Waals surface area contributed by atoms with E-state index in [0.29, 0.717) is 18.7 Å². The number of hydrogen-bond acceptors (Lipinski definition) is 6. The molecule has 0 unspecified atom stereocenters. The number of hydrogen-bond donors (Lipinski definition) is 0. The fraction of sp³-hybridized carbons (Fsp3) is 0.353. The summed E-state index contributed by atoms with van der Waals surface area (Å²) in [5.74, 6) is 0.0571. The minimum Gasteiger partial charge on any atom is -0.345 e. The van der Waals surface area contributed by atoms with Gasteiger partial charge in [-0.2, -0.15) is 5.10 Å². The summed E-state index contributed by atoms with van der Waals surface area (Å²) in [6.07, 6.45) is 5.48. The zero-order valence-corrected chi connectivity index (χ0v) is 15.8. The molecule has 0 bridgehead atoms. The molecule has 8 heteroatoms. The highest BCUT2D eigenvalue weighted by molar-refractivity contribution is 7.98. The van der Waals surface area contributed by atoms with Crippen molar-refractivity contribution in [3.8, 4) is 0 Å². The van der Waals surface area contributed by atoms with Gasteiger partial charge in [0.25, 0.3) is 5.91 Å². The molecular formula is C17H19N5OS2. The SMILES string of the molecule is CSc1cccc2sc(N3CCN(C(=O)c4cnn(C)c4)CC3)nc12. The second kappa shape index (κ2) is 6.68. The Labute approximate surface area is 154 Å². The number of carbonyl (C=O) groups is 1. The lowest BCUT2D eigenvalue weighted by molar-refractivity contribution is 0.0746. The Morgan fingerprint density at radius 2 is 2.04 bits per heavy atom. The van der Waals surface area contributed by atoms with E-state index in [2.05, 4.69) is 34.5 Å². The van der Waals surface area contributed by atoms with Crippen molar-refractivity contribution in [1.82, 2.24) is 19.7 Å². The monoisotopic (exact) mass is 373 g/mol.